The summed E-state index contributed by atoms with van der Waals surface area (Å²) in [6.07, 6.45) is 3.64. The first-order valence-corrected chi connectivity index (χ1v) is 4.92. The van der Waals surface area contributed by atoms with Crippen LogP contribution < -0.4 is 5.73 Å². The fraction of sp³-hybridized carbons (Fsp3) is 0.300. The number of pyridine rings is 1. The third-order valence-electron chi connectivity index (χ3n) is 2.06. The summed E-state index contributed by atoms with van der Waals surface area (Å²) in [7, 11) is 0. The highest BCUT2D eigenvalue weighted by Crippen LogP contribution is 2.14. The van der Waals surface area contributed by atoms with Gasteiger partial charge in [-0.2, -0.15) is 5.10 Å². The maximum absolute atomic E-state index is 5.50. The zero-order valence-corrected chi connectivity index (χ0v) is 8.57. The number of nitrogens with zero attached hydrogens (tertiary/aromatic N) is 3. The predicted molar refractivity (Wildman–Crippen MR) is 58.0 cm³/mol. The molecule has 0 aliphatic heterocycles. The van der Waals surface area contributed by atoms with Gasteiger partial charge in [-0.3, -0.25) is 5.10 Å². The molecule has 2 rings (SSSR count). The molecule has 15 heavy (non-hydrogen) atoms. The molecule has 0 saturated heterocycles. The predicted octanol–water partition coefficient (Wildman–Crippen LogP) is 1.40. The zero-order chi connectivity index (χ0) is 10.7. The van der Waals surface area contributed by atoms with Gasteiger partial charge in [-0.25, -0.2) is 9.97 Å². The zero-order valence-electron chi connectivity index (χ0n) is 8.57. The smallest absolute Gasteiger partial charge is 0.182 e. The molecule has 2 aromatic heterocycles. The number of anilines is 1. The van der Waals surface area contributed by atoms with Crippen molar-refractivity contribution < 1.29 is 0 Å². The molecule has 0 aromatic carbocycles. The lowest BCUT2D eigenvalue weighted by Crippen LogP contribution is -1.90. The van der Waals surface area contributed by atoms with Crippen molar-refractivity contribution in [3.05, 3.63) is 24.2 Å². The molecule has 5 heteroatoms. The number of rotatable bonds is 3. The number of nitrogens with one attached hydrogen (secondary N) is 1. The molecule has 0 saturated carbocycles. The lowest BCUT2D eigenvalue weighted by Gasteiger charge is -1.94. The van der Waals surface area contributed by atoms with Crippen molar-refractivity contribution in [2.45, 2.75) is 19.8 Å². The Morgan fingerprint density at radius 3 is 2.93 bits per heavy atom. The van der Waals surface area contributed by atoms with E-state index in [-0.39, 0.29) is 0 Å². The maximum Gasteiger partial charge on any atom is 0.182 e. The first-order chi connectivity index (χ1) is 7.29. The Hall–Kier alpha value is -1.91. The van der Waals surface area contributed by atoms with Crippen molar-refractivity contribution in [3.8, 4) is 11.4 Å². The van der Waals surface area contributed by atoms with Crippen molar-refractivity contribution in [1.82, 2.24) is 20.2 Å². The highest BCUT2D eigenvalue weighted by molar-refractivity contribution is 5.54. The van der Waals surface area contributed by atoms with Crippen LogP contribution >= 0.6 is 0 Å². The van der Waals surface area contributed by atoms with E-state index in [9.17, 15) is 0 Å². The molecule has 0 fully saturated rings. The number of H-pyrrole nitrogens is 1. The topological polar surface area (TPSA) is 80.5 Å². The molecule has 0 bridgehead atoms. The minimum Gasteiger partial charge on any atom is -0.384 e. The SMILES string of the molecule is CCCc1nc(-c2ccc(N)nc2)n[nH]1. The number of aromatic nitrogens is 4. The molecule has 5 nitrogen and oxygen atoms in total. The summed E-state index contributed by atoms with van der Waals surface area (Å²) in [6, 6.07) is 3.60. The highest BCUT2D eigenvalue weighted by atomic mass is 15.2. The summed E-state index contributed by atoms with van der Waals surface area (Å²) in [6.45, 7) is 2.10. The van der Waals surface area contributed by atoms with Crippen molar-refractivity contribution in [2.75, 3.05) is 5.73 Å². The average molecular weight is 203 g/mol. The second kappa shape index (κ2) is 4.08. The summed E-state index contributed by atoms with van der Waals surface area (Å²) in [5.41, 5.74) is 6.38. The quantitative estimate of drug-likeness (QED) is 0.790. The normalized spacial score (nSPS) is 10.5. The molecule has 0 aliphatic rings. The molecule has 0 amide bonds. The lowest BCUT2D eigenvalue weighted by atomic mass is 10.2. The Labute approximate surface area is 87.8 Å². The van der Waals surface area contributed by atoms with E-state index < -0.39 is 0 Å². The fourth-order valence-corrected chi connectivity index (χ4v) is 1.31. The van der Waals surface area contributed by atoms with Gasteiger partial charge in [0.25, 0.3) is 0 Å². The van der Waals surface area contributed by atoms with Crippen LogP contribution in [0.25, 0.3) is 11.4 Å². The molecule has 0 atom stereocenters. The Bertz CT molecular complexity index is 431. The molecule has 3 N–H and O–H groups in total. The number of nitrogens with two attached hydrogens (primary N) is 1. The standard InChI is InChI=1S/C10H13N5/c1-2-3-9-13-10(15-14-9)7-4-5-8(11)12-6-7/h4-6H,2-3H2,1H3,(H2,11,12)(H,13,14,15). The number of hydrogen-bond acceptors (Lipinski definition) is 4. The monoisotopic (exact) mass is 203 g/mol. The van der Waals surface area contributed by atoms with Crippen molar-refractivity contribution >= 4 is 5.82 Å². The third-order valence-corrected chi connectivity index (χ3v) is 2.06. The molecule has 0 unspecified atom stereocenters. The van der Waals surface area contributed by atoms with E-state index in [2.05, 4.69) is 27.1 Å². The van der Waals surface area contributed by atoms with Crippen LogP contribution in [0.4, 0.5) is 5.82 Å². The van der Waals surface area contributed by atoms with Crippen LogP contribution in [0, 0.1) is 0 Å². The second-order valence-electron chi connectivity index (χ2n) is 3.33. The Morgan fingerprint density at radius 2 is 2.27 bits per heavy atom. The van der Waals surface area contributed by atoms with Gasteiger partial charge in [0.2, 0.25) is 0 Å². The highest BCUT2D eigenvalue weighted by Gasteiger charge is 2.05. The van der Waals surface area contributed by atoms with Crippen LogP contribution in [0.3, 0.4) is 0 Å². The van der Waals surface area contributed by atoms with E-state index >= 15 is 0 Å². The first kappa shape index (κ1) is 9.64. The third kappa shape index (κ3) is 2.12. The minimum absolute atomic E-state index is 0.503. The summed E-state index contributed by atoms with van der Waals surface area (Å²) >= 11 is 0. The number of nitrogen functional groups attached to an aromatic ring is 1. The van der Waals surface area contributed by atoms with E-state index in [1.165, 1.54) is 0 Å². The van der Waals surface area contributed by atoms with Crippen LogP contribution in [-0.2, 0) is 6.42 Å². The van der Waals surface area contributed by atoms with Gasteiger partial charge in [0.1, 0.15) is 11.6 Å². The fourth-order valence-electron chi connectivity index (χ4n) is 1.31. The minimum atomic E-state index is 0.503. The van der Waals surface area contributed by atoms with E-state index in [1.807, 2.05) is 6.07 Å². The lowest BCUT2D eigenvalue weighted by molar-refractivity contribution is 0.841. The molecular formula is C10H13N5. The van der Waals surface area contributed by atoms with Gasteiger partial charge in [0.05, 0.1) is 0 Å². The van der Waals surface area contributed by atoms with Crippen LogP contribution in [0.2, 0.25) is 0 Å². The molecule has 78 valence electrons. The summed E-state index contributed by atoms with van der Waals surface area (Å²) in [4.78, 5) is 8.35. The number of aryl methyl sites for hydroxylation is 1. The van der Waals surface area contributed by atoms with Crippen molar-refractivity contribution in [2.24, 2.45) is 0 Å². The van der Waals surface area contributed by atoms with Crippen LogP contribution in [0.15, 0.2) is 18.3 Å². The van der Waals surface area contributed by atoms with E-state index in [0.717, 1.165) is 24.2 Å². The van der Waals surface area contributed by atoms with E-state index in [0.29, 0.717) is 11.6 Å². The van der Waals surface area contributed by atoms with Crippen LogP contribution in [0.1, 0.15) is 19.2 Å². The maximum atomic E-state index is 5.50. The largest absolute Gasteiger partial charge is 0.384 e. The van der Waals surface area contributed by atoms with Gasteiger partial charge in [0, 0.05) is 18.2 Å². The summed E-state index contributed by atoms with van der Waals surface area (Å²) in [5, 5.41) is 7.02. The molecule has 2 aromatic rings. The molecule has 0 radical (unpaired) electrons. The van der Waals surface area contributed by atoms with Gasteiger partial charge >= 0.3 is 0 Å². The van der Waals surface area contributed by atoms with Gasteiger partial charge in [-0.15, -0.1) is 0 Å². The van der Waals surface area contributed by atoms with Crippen LogP contribution in [-0.4, -0.2) is 20.2 Å². The molecule has 2 heterocycles. The first-order valence-electron chi connectivity index (χ1n) is 4.92. The van der Waals surface area contributed by atoms with Gasteiger partial charge in [0.15, 0.2) is 5.82 Å². The number of hydrogen-bond donors (Lipinski definition) is 2. The number of aromatic amines is 1. The van der Waals surface area contributed by atoms with Crippen molar-refractivity contribution in [3.63, 3.8) is 0 Å². The van der Waals surface area contributed by atoms with Crippen LogP contribution in [0.5, 0.6) is 0 Å². The second-order valence-corrected chi connectivity index (χ2v) is 3.33. The molecule has 0 spiro atoms. The molecular weight excluding hydrogens is 190 g/mol. The Balaban J connectivity index is 2.25. The summed E-state index contributed by atoms with van der Waals surface area (Å²) < 4.78 is 0. The van der Waals surface area contributed by atoms with Crippen molar-refractivity contribution in [1.29, 1.82) is 0 Å². The Morgan fingerprint density at radius 1 is 1.40 bits per heavy atom. The average Bonchev–Trinajstić information content (AvgIpc) is 2.68. The van der Waals surface area contributed by atoms with Gasteiger partial charge < -0.3 is 5.73 Å². The van der Waals surface area contributed by atoms with Gasteiger partial charge in [-0.1, -0.05) is 6.92 Å². The Kier molecular flexibility index (Phi) is 2.62. The van der Waals surface area contributed by atoms with Gasteiger partial charge in [-0.05, 0) is 18.6 Å². The summed E-state index contributed by atoms with van der Waals surface area (Å²) in [5.74, 6) is 2.08. The van der Waals surface area contributed by atoms with E-state index in [1.54, 1.807) is 12.3 Å². The molecule has 0 aliphatic carbocycles. The van der Waals surface area contributed by atoms with E-state index in [4.69, 9.17) is 5.73 Å².